The molecule has 2 atom stereocenters. The van der Waals surface area contributed by atoms with Crippen LogP contribution in [0.1, 0.15) is 24.6 Å². The number of benzene rings is 1. The van der Waals surface area contributed by atoms with Crippen LogP contribution in [0.4, 0.5) is 4.39 Å². The zero-order valence-electron chi connectivity index (χ0n) is 16.2. The minimum atomic E-state index is -3.30. The van der Waals surface area contributed by atoms with Gasteiger partial charge in [-0.2, -0.15) is 4.31 Å². The van der Waals surface area contributed by atoms with Crippen LogP contribution in [0.25, 0.3) is 0 Å². The molecular weight excluding hydrogens is 389 g/mol. The highest BCUT2D eigenvalue weighted by Crippen LogP contribution is 2.23. The van der Waals surface area contributed by atoms with E-state index in [1.165, 1.54) is 33.5 Å². The first kappa shape index (κ1) is 22.7. The quantitative estimate of drug-likeness (QED) is 0.577. The lowest BCUT2D eigenvalue weighted by Crippen LogP contribution is -2.55. The van der Waals surface area contributed by atoms with Crippen LogP contribution in [0.2, 0.25) is 0 Å². The molecule has 158 valence electrons. The fraction of sp³-hybridized carbons (Fsp3) is 0.611. The number of likely N-dealkylation sites (N-methyl/N-ethyl adjacent to an activating group) is 1. The summed E-state index contributed by atoms with van der Waals surface area (Å²) in [6.07, 6.45) is 0.725. The van der Waals surface area contributed by atoms with E-state index in [0.717, 1.165) is 6.26 Å². The van der Waals surface area contributed by atoms with Crippen LogP contribution >= 0.6 is 0 Å². The third-order valence-corrected chi connectivity index (χ3v) is 6.29. The van der Waals surface area contributed by atoms with Crippen LogP contribution < -0.4 is 0 Å². The average molecular weight is 418 g/mol. The van der Waals surface area contributed by atoms with Gasteiger partial charge in [0.05, 0.1) is 12.3 Å². The van der Waals surface area contributed by atoms with Gasteiger partial charge in [0.2, 0.25) is 15.9 Å². The number of halogens is 1. The largest absolute Gasteiger partial charge is 0.396 e. The van der Waals surface area contributed by atoms with Crippen molar-refractivity contribution in [3.05, 3.63) is 35.6 Å². The van der Waals surface area contributed by atoms with Gasteiger partial charge < -0.3 is 15.1 Å². The molecule has 1 aliphatic heterocycles. The van der Waals surface area contributed by atoms with Gasteiger partial charge in [-0.25, -0.2) is 12.8 Å². The van der Waals surface area contributed by atoms with E-state index in [4.69, 9.17) is 0 Å². The zero-order valence-corrected chi connectivity index (χ0v) is 17.0. The van der Waals surface area contributed by atoms with Crippen molar-refractivity contribution in [2.45, 2.75) is 25.1 Å². The first-order valence-electron chi connectivity index (χ1n) is 9.15. The molecule has 1 amide bonds. The number of aliphatic hydroxyl groups is 2. The number of carbonyl (C=O) groups excluding carboxylic acids is 1. The molecule has 2 N–H and O–H groups in total. The van der Waals surface area contributed by atoms with E-state index in [-0.39, 0.29) is 38.7 Å². The summed E-state index contributed by atoms with van der Waals surface area (Å²) in [6, 6.07) is 4.68. The van der Waals surface area contributed by atoms with Crippen molar-refractivity contribution < 1.29 is 27.8 Å². The highest BCUT2D eigenvalue weighted by molar-refractivity contribution is 7.88. The third kappa shape index (κ3) is 5.71. The molecule has 1 heterocycles. The average Bonchev–Trinajstić information content (AvgIpc) is 2.67. The van der Waals surface area contributed by atoms with Crippen molar-refractivity contribution in [3.63, 3.8) is 0 Å². The normalized spacial score (nSPS) is 18.3. The van der Waals surface area contributed by atoms with Crippen LogP contribution in [0, 0.1) is 5.82 Å². The number of hydrogen-bond acceptors (Lipinski definition) is 6. The number of sulfonamides is 1. The Kier molecular flexibility index (Phi) is 7.90. The van der Waals surface area contributed by atoms with Gasteiger partial charge in [-0.1, -0.05) is 12.1 Å². The molecule has 1 aromatic rings. The molecule has 0 aliphatic carbocycles. The van der Waals surface area contributed by atoms with E-state index in [2.05, 4.69) is 0 Å². The Morgan fingerprint density at radius 3 is 2.29 bits per heavy atom. The Bertz CT molecular complexity index is 751. The van der Waals surface area contributed by atoms with Gasteiger partial charge in [0.15, 0.2) is 0 Å². The second-order valence-electron chi connectivity index (χ2n) is 6.96. The van der Waals surface area contributed by atoms with Gasteiger partial charge in [0, 0.05) is 32.8 Å². The Morgan fingerprint density at radius 1 is 1.21 bits per heavy atom. The molecule has 2 unspecified atom stereocenters. The maximum Gasteiger partial charge on any atom is 0.240 e. The molecule has 28 heavy (non-hydrogen) atoms. The topological polar surface area (TPSA) is 101 Å². The summed E-state index contributed by atoms with van der Waals surface area (Å²) in [6.45, 7) is 0.888. The summed E-state index contributed by atoms with van der Waals surface area (Å²) in [4.78, 5) is 16.1. The lowest BCUT2D eigenvalue weighted by atomic mass is 10.1. The number of piperazine rings is 1. The predicted molar refractivity (Wildman–Crippen MR) is 102 cm³/mol. The fourth-order valence-electron chi connectivity index (χ4n) is 3.28. The zero-order chi connectivity index (χ0) is 20.9. The lowest BCUT2D eigenvalue weighted by Gasteiger charge is -2.38. The standard InChI is InChI=1S/C18H28FN3O5S/c1-20(17(24)14-5-7-15(19)8-6-14)16(4-3-13-23)18(25)21-9-11-22(12-10-21)28(2,26)27/h5-8,16-17,23-24H,3-4,9-13H2,1-2H3. The van der Waals surface area contributed by atoms with E-state index in [9.17, 15) is 27.8 Å². The summed E-state index contributed by atoms with van der Waals surface area (Å²) in [5, 5.41) is 19.8. The van der Waals surface area contributed by atoms with Crippen LogP contribution in [-0.4, -0.2) is 90.8 Å². The van der Waals surface area contributed by atoms with Crippen molar-refractivity contribution in [3.8, 4) is 0 Å². The number of amides is 1. The minimum absolute atomic E-state index is 0.0912. The van der Waals surface area contributed by atoms with Crippen molar-refractivity contribution in [1.29, 1.82) is 0 Å². The highest BCUT2D eigenvalue weighted by atomic mass is 32.2. The highest BCUT2D eigenvalue weighted by Gasteiger charge is 2.34. The van der Waals surface area contributed by atoms with Gasteiger partial charge >= 0.3 is 0 Å². The monoisotopic (exact) mass is 417 g/mol. The minimum Gasteiger partial charge on any atom is -0.396 e. The van der Waals surface area contributed by atoms with Crippen LogP contribution in [-0.2, 0) is 14.8 Å². The van der Waals surface area contributed by atoms with Crippen LogP contribution in [0.15, 0.2) is 24.3 Å². The van der Waals surface area contributed by atoms with E-state index < -0.39 is 28.1 Å². The molecule has 1 aromatic carbocycles. The fourth-order valence-corrected chi connectivity index (χ4v) is 4.10. The van der Waals surface area contributed by atoms with Gasteiger partial charge in [-0.15, -0.1) is 0 Å². The second kappa shape index (κ2) is 9.75. The van der Waals surface area contributed by atoms with E-state index in [1.54, 1.807) is 11.9 Å². The third-order valence-electron chi connectivity index (χ3n) is 4.99. The molecule has 0 radical (unpaired) electrons. The van der Waals surface area contributed by atoms with Gasteiger partial charge in [-0.3, -0.25) is 9.69 Å². The SMILES string of the molecule is CN(C(CCCO)C(=O)N1CCN(S(C)(=O)=O)CC1)C(O)c1ccc(F)cc1. The maximum atomic E-state index is 13.1. The van der Waals surface area contributed by atoms with Gasteiger partial charge in [0.25, 0.3) is 0 Å². The van der Waals surface area contributed by atoms with Crippen molar-refractivity contribution >= 4 is 15.9 Å². The van der Waals surface area contributed by atoms with E-state index in [0.29, 0.717) is 18.4 Å². The Labute approximate surface area is 165 Å². The van der Waals surface area contributed by atoms with Crippen molar-refractivity contribution in [2.75, 3.05) is 46.1 Å². The molecule has 0 saturated carbocycles. The summed E-state index contributed by atoms with van der Waals surface area (Å²) < 4.78 is 37.7. The molecule has 8 nitrogen and oxygen atoms in total. The predicted octanol–water partition coefficient (Wildman–Crippen LogP) is -0.00670. The molecule has 1 aliphatic rings. The molecular formula is C18H28FN3O5S. The van der Waals surface area contributed by atoms with Gasteiger partial charge in [0.1, 0.15) is 12.0 Å². The summed E-state index contributed by atoms with van der Waals surface area (Å²) in [7, 11) is -1.70. The maximum absolute atomic E-state index is 13.1. The summed E-state index contributed by atoms with van der Waals surface area (Å²) in [5.41, 5.74) is 0.451. The van der Waals surface area contributed by atoms with Crippen molar-refractivity contribution in [2.24, 2.45) is 0 Å². The van der Waals surface area contributed by atoms with Crippen LogP contribution in [0.5, 0.6) is 0 Å². The van der Waals surface area contributed by atoms with E-state index >= 15 is 0 Å². The molecule has 0 aromatic heterocycles. The van der Waals surface area contributed by atoms with E-state index in [1.807, 2.05) is 0 Å². The summed E-state index contributed by atoms with van der Waals surface area (Å²) in [5.74, 6) is -0.652. The summed E-state index contributed by atoms with van der Waals surface area (Å²) >= 11 is 0. The lowest BCUT2D eigenvalue weighted by molar-refractivity contribution is -0.142. The molecule has 2 rings (SSSR count). The Hall–Kier alpha value is -1.59. The molecule has 0 spiro atoms. The number of aliphatic hydroxyl groups excluding tert-OH is 2. The number of hydrogen-bond donors (Lipinski definition) is 2. The molecule has 10 heteroatoms. The number of carbonyl (C=O) groups is 1. The second-order valence-corrected chi connectivity index (χ2v) is 8.94. The smallest absolute Gasteiger partial charge is 0.240 e. The van der Waals surface area contributed by atoms with Gasteiger partial charge in [-0.05, 0) is 37.6 Å². The Morgan fingerprint density at radius 2 is 1.79 bits per heavy atom. The first-order valence-corrected chi connectivity index (χ1v) is 11.0. The first-order chi connectivity index (χ1) is 13.1. The molecule has 1 saturated heterocycles. The Balaban J connectivity index is 2.11. The molecule has 0 bridgehead atoms. The number of nitrogens with zero attached hydrogens (tertiary/aromatic N) is 3. The molecule has 1 fully saturated rings. The number of rotatable bonds is 8. The van der Waals surface area contributed by atoms with Crippen molar-refractivity contribution in [1.82, 2.24) is 14.1 Å². The van der Waals surface area contributed by atoms with Crippen LogP contribution in [0.3, 0.4) is 0 Å².